The van der Waals surface area contributed by atoms with Gasteiger partial charge in [0.25, 0.3) is 5.56 Å². The highest BCUT2D eigenvalue weighted by atomic mass is 35.5. The van der Waals surface area contributed by atoms with Crippen LogP contribution in [0.4, 0.5) is 5.69 Å². The van der Waals surface area contributed by atoms with Crippen molar-refractivity contribution in [3.8, 4) is 0 Å². The van der Waals surface area contributed by atoms with Crippen molar-refractivity contribution in [2.75, 3.05) is 5.73 Å². The molecule has 108 valence electrons. The van der Waals surface area contributed by atoms with E-state index in [4.69, 9.17) is 17.3 Å². The molecule has 0 aliphatic rings. The van der Waals surface area contributed by atoms with Crippen molar-refractivity contribution in [3.63, 3.8) is 0 Å². The first kappa shape index (κ1) is 13.6. The van der Waals surface area contributed by atoms with Gasteiger partial charge in [0.15, 0.2) is 0 Å². The van der Waals surface area contributed by atoms with Crippen LogP contribution in [0.5, 0.6) is 0 Å². The maximum Gasteiger partial charge on any atom is 0.261 e. The molecule has 0 atom stereocenters. The van der Waals surface area contributed by atoms with E-state index in [0.717, 1.165) is 11.4 Å². The van der Waals surface area contributed by atoms with Crippen LogP contribution in [0.25, 0.3) is 10.9 Å². The predicted molar refractivity (Wildman–Crippen MR) is 82.5 cm³/mol. The zero-order valence-corrected chi connectivity index (χ0v) is 12.4. The van der Waals surface area contributed by atoms with Gasteiger partial charge in [-0.2, -0.15) is 5.10 Å². The van der Waals surface area contributed by atoms with Gasteiger partial charge in [-0.25, -0.2) is 4.98 Å². The summed E-state index contributed by atoms with van der Waals surface area (Å²) in [5.74, 6) is 0. The Kier molecular flexibility index (Phi) is 3.17. The maximum atomic E-state index is 12.5. The smallest absolute Gasteiger partial charge is 0.261 e. The molecule has 21 heavy (non-hydrogen) atoms. The lowest BCUT2D eigenvalue weighted by Crippen LogP contribution is -2.22. The van der Waals surface area contributed by atoms with E-state index in [1.165, 1.54) is 10.9 Å². The number of nitrogens with two attached hydrogens (primary N) is 1. The average Bonchev–Trinajstić information content (AvgIpc) is 2.68. The van der Waals surface area contributed by atoms with Crippen molar-refractivity contribution in [1.29, 1.82) is 0 Å². The highest BCUT2D eigenvalue weighted by Gasteiger charge is 2.13. The molecule has 0 radical (unpaired) electrons. The number of benzene rings is 1. The Morgan fingerprint density at radius 1 is 1.38 bits per heavy atom. The first-order valence-electron chi connectivity index (χ1n) is 6.40. The van der Waals surface area contributed by atoms with E-state index < -0.39 is 0 Å². The van der Waals surface area contributed by atoms with E-state index in [1.807, 2.05) is 6.92 Å². The van der Waals surface area contributed by atoms with Crippen molar-refractivity contribution in [3.05, 3.63) is 51.3 Å². The lowest BCUT2D eigenvalue weighted by atomic mass is 10.2. The molecule has 0 unspecified atom stereocenters. The van der Waals surface area contributed by atoms with Gasteiger partial charge in [0, 0.05) is 12.7 Å². The second kappa shape index (κ2) is 4.89. The van der Waals surface area contributed by atoms with E-state index in [2.05, 4.69) is 10.1 Å². The predicted octanol–water partition coefficient (Wildman–Crippen LogP) is 1.72. The molecule has 1 aromatic carbocycles. The fourth-order valence-corrected chi connectivity index (χ4v) is 2.52. The summed E-state index contributed by atoms with van der Waals surface area (Å²) < 4.78 is 3.18. The average molecular weight is 304 g/mol. The molecule has 2 N–H and O–H groups in total. The van der Waals surface area contributed by atoms with Gasteiger partial charge in [-0.05, 0) is 25.1 Å². The standard InChI is InChI=1S/C14H14ClN5O/c1-8-13(15)12(19(2)18-8)6-20-7-17-11-4-3-9(16)5-10(11)14(20)21/h3-5,7H,6,16H2,1-2H3. The van der Waals surface area contributed by atoms with Crippen LogP contribution in [-0.4, -0.2) is 19.3 Å². The molecule has 0 saturated carbocycles. The number of aromatic nitrogens is 4. The minimum atomic E-state index is -0.151. The van der Waals surface area contributed by atoms with Gasteiger partial charge >= 0.3 is 0 Å². The summed E-state index contributed by atoms with van der Waals surface area (Å²) in [6.07, 6.45) is 1.51. The molecular weight excluding hydrogens is 290 g/mol. The number of anilines is 1. The van der Waals surface area contributed by atoms with Crippen LogP contribution in [0.15, 0.2) is 29.3 Å². The molecule has 2 heterocycles. The molecule has 7 heteroatoms. The van der Waals surface area contributed by atoms with Crippen LogP contribution in [0.3, 0.4) is 0 Å². The molecule has 3 rings (SSSR count). The fourth-order valence-electron chi connectivity index (χ4n) is 2.30. The SMILES string of the molecule is Cc1nn(C)c(Cn2cnc3ccc(N)cc3c2=O)c1Cl. The number of hydrogen-bond acceptors (Lipinski definition) is 4. The quantitative estimate of drug-likeness (QED) is 0.731. The van der Waals surface area contributed by atoms with Crippen LogP contribution < -0.4 is 11.3 Å². The van der Waals surface area contributed by atoms with Crippen LogP contribution in [0.1, 0.15) is 11.4 Å². The third-order valence-electron chi connectivity index (χ3n) is 3.43. The normalized spacial score (nSPS) is 11.2. The van der Waals surface area contributed by atoms with Gasteiger partial charge in [0.05, 0.1) is 40.2 Å². The summed E-state index contributed by atoms with van der Waals surface area (Å²) in [4.78, 5) is 16.8. The van der Waals surface area contributed by atoms with E-state index in [-0.39, 0.29) is 5.56 Å². The molecule has 2 aromatic heterocycles. The summed E-state index contributed by atoms with van der Waals surface area (Å²) in [7, 11) is 1.80. The molecule has 0 saturated heterocycles. The third kappa shape index (κ3) is 2.27. The zero-order chi connectivity index (χ0) is 15.1. The first-order valence-corrected chi connectivity index (χ1v) is 6.78. The lowest BCUT2D eigenvalue weighted by molar-refractivity contribution is 0.648. The molecule has 0 aliphatic carbocycles. The monoisotopic (exact) mass is 303 g/mol. The highest BCUT2D eigenvalue weighted by Crippen LogP contribution is 2.20. The Hall–Kier alpha value is -2.34. The van der Waals surface area contributed by atoms with Crippen LogP contribution in [0.2, 0.25) is 5.02 Å². The van der Waals surface area contributed by atoms with Crippen molar-refractivity contribution in [1.82, 2.24) is 19.3 Å². The second-order valence-electron chi connectivity index (χ2n) is 4.92. The largest absolute Gasteiger partial charge is 0.399 e. The van der Waals surface area contributed by atoms with Gasteiger partial charge in [-0.15, -0.1) is 0 Å². The number of hydrogen-bond donors (Lipinski definition) is 1. The Bertz CT molecular complexity index is 896. The van der Waals surface area contributed by atoms with E-state index in [9.17, 15) is 4.79 Å². The van der Waals surface area contributed by atoms with E-state index in [1.54, 1.807) is 29.9 Å². The minimum Gasteiger partial charge on any atom is -0.399 e. The minimum absolute atomic E-state index is 0.151. The van der Waals surface area contributed by atoms with Crippen molar-refractivity contribution in [2.45, 2.75) is 13.5 Å². The molecule has 0 fully saturated rings. The van der Waals surface area contributed by atoms with Crippen LogP contribution in [-0.2, 0) is 13.6 Å². The highest BCUT2D eigenvalue weighted by molar-refractivity contribution is 6.31. The lowest BCUT2D eigenvalue weighted by Gasteiger charge is -2.08. The summed E-state index contributed by atoms with van der Waals surface area (Å²) in [6, 6.07) is 5.09. The summed E-state index contributed by atoms with van der Waals surface area (Å²) in [5.41, 5.74) is 8.25. The van der Waals surface area contributed by atoms with Gasteiger partial charge < -0.3 is 5.73 Å². The molecule has 6 nitrogen and oxygen atoms in total. The second-order valence-corrected chi connectivity index (χ2v) is 5.30. The maximum absolute atomic E-state index is 12.5. The Morgan fingerprint density at radius 2 is 2.14 bits per heavy atom. The molecule has 0 amide bonds. The first-order chi connectivity index (χ1) is 9.97. The molecular formula is C14H14ClN5O. The number of rotatable bonds is 2. The number of nitrogen functional groups attached to an aromatic ring is 1. The van der Waals surface area contributed by atoms with Gasteiger partial charge in [-0.1, -0.05) is 11.6 Å². The summed E-state index contributed by atoms with van der Waals surface area (Å²) in [5, 5.41) is 5.30. The van der Waals surface area contributed by atoms with Crippen molar-refractivity contribution in [2.24, 2.45) is 7.05 Å². The van der Waals surface area contributed by atoms with E-state index >= 15 is 0 Å². The third-order valence-corrected chi connectivity index (χ3v) is 3.92. The zero-order valence-electron chi connectivity index (χ0n) is 11.7. The van der Waals surface area contributed by atoms with E-state index in [0.29, 0.717) is 28.2 Å². The van der Waals surface area contributed by atoms with Crippen LogP contribution in [0, 0.1) is 6.92 Å². The molecule has 3 aromatic rings. The molecule has 0 spiro atoms. The summed E-state index contributed by atoms with van der Waals surface area (Å²) >= 11 is 6.22. The van der Waals surface area contributed by atoms with Gasteiger partial charge in [0.1, 0.15) is 0 Å². The molecule has 0 bridgehead atoms. The Labute approximate surface area is 125 Å². The topological polar surface area (TPSA) is 78.7 Å². The fraction of sp³-hybridized carbons (Fsp3) is 0.214. The number of nitrogens with zero attached hydrogens (tertiary/aromatic N) is 4. The number of aryl methyl sites for hydroxylation is 2. The van der Waals surface area contributed by atoms with Gasteiger partial charge in [-0.3, -0.25) is 14.0 Å². The Balaban J connectivity index is 2.13. The Morgan fingerprint density at radius 3 is 2.81 bits per heavy atom. The van der Waals surface area contributed by atoms with Crippen LogP contribution >= 0.6 is 11.6 Å². The van der Waals surface area contributed by atoms with Crippen molar-refractivity contribution >= 4 is 28.2 Å². The number of halogens is 1. The van der Waals surface area contributed by atoms with Gasteiger partial charge in [0.2, 0.25) is 0 Å². The van der Waals surface area contributed by atoms with Crippen molar-refractivity contribution < 1.29 is 0 Å². The summed E-state index contributed by atoms with van der Waals surface area (Å²) in [6.45, 7) is 2.14. The molecule has 0 aliphatic heterocycles. The number of fused-ring (bicyclic) bond motifs is 1.